The number of carboxylic acid groups (broad SMARTS) is 1. The molecule has 0 aliphatic heterocycles. The van der Waals surface area contributed by atoms with E-state index in [1.165, 1.54) is 10.8 Å². The Morgan fingerprint density at radius 3 is 2.62 bits per heavy atom. The van der Waals surface area contributed by atoms with Gasteiger partial charge in [0.2, 0.25) is 5.95 Å². The zero-order valence-electron chi connectivity index (χ0n) is 19.3. The number of aryl methyl sites for hydroxylation is 1. The highest BCUT2D eigenvalue weighted by atomic mass is 35.5. The highest BCUT2D eigenvalue weighted by molar-refractivity contribution is 7.15. The lowest BCUT2D eigenvalue weighted by Crippen LogP contribution is -2.42. The number of rotatable bonds is 9. The molecule has 0 aliphatic carbocycles. The minimum atomic E-state index is -1.09. The molecule has 0 amide bonds. The van der Waals surface area contributed by atoms with Crippen LogP contribution in [-0.4, -0.2) is 30.2 Å². The van der Waals surface area contributed by atoms with Crippen LogP contribution in [0.3, 0.4) is 0 Å². The lowest BCUT2D eigenvalue weighted by Gasteiger charge is -2.16. The van der Waals surface area contributed by atoms with Crippen LogP contribution in [0.1, 0.15) is 27.2 Å². The number of carboxylic acids is 1. The van der Waals surface area contributed by atoms with Crippen LogP contribution < -0.4 is 21.4 Å². The van der Waals surface area contributed by atoms with Crippen molar-refractivity contribution in [3.63, 3.8) is 0 Å². The predicted octanol–water partition coefficient (Wildman–Crippen LogP) is 4.02. The van der Waals surface area contributed by atoms with Gasteiger partial charge in [0.15, 0.2) is 0 Å². The van der Waals surface area contributed by atoms with Crippen LogP contribution in [0.4, 0.5) is 11.6 Å². The van der Waals surface area contributed by atoms with Crippen molar-refractivity contribution < 1.29 is 14.6 Å². The van der Waals surface area contributed by atoms with E-state index < -0.39 is 17.3 Å². The van der Waals surface area contributed by atoms with Crippen LogP contribution >= 0.6 is 22.9 Å². The highest BCUT2D eigenvalue weighted by Gasteiger charge is 2.15. The van der Waals surface area contributed by atoms with Crippen molar-refractivity contribution >= 4 is 40.5 Å². The molecule has 188 valence electrons. The maximum atomic E-state index is 13.2. The largest absolute Gasteiger partial charge is 0.477 e. The average molecular weight is 539 g/mol. The van der Waals surface area contributed by atoms with Gasteiger partial charge in [-0.2, -0.15) is 10.2 Å². The SMILES string of the molecule is Cc1cc(Nc2nc(=O)n(CCC#N)c(=O)n2Cc2ccc(Cl)cc2)ccc1Oc1ncc(C(=O)O)s1. The number of carbonyl (C=O) groups is 1. The minimum absolute atomic E-state index is 0.0156. The monoisotopic (exact) mass is 538 g/mol. The van der Waals surface area contributed by atoms with Crippen LogP contribution in [-0.2, 0) is 13.1 Å². The van der Waals surface area contributed by atoms with Gasteiger partial charge in [-0.1, -0.05) is 35.1 Å². The molecule has 0 fully saturated rings. The van der Waals surface area contributed by atoms with Crippen LogP contribution in [0.5, 0.6) is 10.9 Å². The summed E-state index contributed by atoms with van der Waals surface area (Å²) in [4.78, 5) is 44.9. The molecule has 0 saturated carbocycles. The van der Waals surface area contributed by atoms with Gasteiger partial charge >= 0.3 is 17.3 Å². The van der Waals surface area contributed by atoms with Gasteiger partial charge < -0.3 is 15.2 Å². The van der Waals surface area contributed by atoms with Gasteiger partial charge in [-0.05, 0) is 48.4 Å². The summed E-state index contributed by atoms with van der Waals surface area (Å²) in [6.45, 7) is 1.81. The van der Waals surface area contributed by atoms with E-state index in [9.17, 15) is 14.4 Å². The number of thiazole rings is 1. The number of nitrogens with one attached hydrogen (secondary N) is 1. The fraction of sp³-hybridized carbons (Fsp3) is 0.167. The molecule has 0 atom stereocenters. The van der Waals surface area contributed by atoms with Crippen molar-refractivity contribution in [3.05, 3.63) is 90.7 Å². The minimum Gasteiger partial charge on any atom is -0.477 e. The standard InChI is InChI=1S/C24H19ClN6O5S/c1-14-11-17(7-8-18(14)36-23-27-12-19(37-23)20(32)33)28-21-29-22(34)30(10-2-9-26)24(35)31(21)13-15-3-5-16(25)6-4-15/h3-8,11-12H,2,10,13H2,1H3,(H,32,33)(H,28,29,34). The fourth-order valence-corrected chi connectivity index (χ4v) is 4.11. The quantitative estimate of drug-likeness (QED) is 0.321. The van der Waals surface area contributed by atoms with E-state index in [0.717, 1.165) is 21.5 Å². The summed E-state index contributed by atoms with van der Waals surface area (Å²) in [5.74, 6) is -0.608. The molecular formula is C24H19ClN6O5S. The molecule has 0 saturated heterocycles. The molecule has 37 heavy (non-hydrogen) atoms. The number of aromatic carboxylic acids is 1. The summed E-state index contributed by atoms with van der Waals surface area (Å²) < 4.78 is 7.94. The summed E-state index contributed by atoms with van der Waals surface area (Å²) >= 11 is 6.88. The van der Waals surface area contributed by atoms with Crippen molar-refractivity contribution in [2.45, 2.75) is 26.4 Å². The Kier molecular flexibility index (Phi) is 7.66. The highest BCUT2D eigenvalue weighted by Crippen LogP contribution is 2.30. The topological polar surface area (TPSA) is 152 Å². The molecule has 4 aromatic rings. The predicted molar refractivity (Wildman–Crippen MR) is 137 cm³/mol. The number of hydrogen-bond acceptors (Lipinski definition) is 9. The second-order valence-corrected chi connectivity index (χ2v) is 9.21. The van der Waals surface area contributed by atoms with E-state index in [1.807, 2.05) is 6.07 Å². The van der Waals surface area contributed by atoms with E-state index in [1.54, 1.807) is 49.4 Å². The first-order valence-corrected chi connectivity index (χ1v) is 12.0. The summed E-state index contributed by atoms with van der Waals surface area (Å²) in [5.41, 5.74) is 0.588. The lowest BCUT2D eigenvalue weighted by molar-refractivity contribution is 0.0702. The molecule has 2 N–H and O–H groups in total. The Morgan fingerprint density at radius 2 is 1.97 bits per heavy atom. The second-order valence-electron chi connectivity index (χ2n) is 7.78. The lowest BCUT2D eigenvalue weighted by atomic mass is 10.2. The van der Waals surface area contributed by atoms with E-state index in [4.69, 9.17) is 26.7 Å². The molecule has 0 bridgehead atoms. The number of ether oxygens (including phenoxy) is 1. The fourth-order valence-electron chi connectivity index (χ4n) is 3.36. The zero-order chi connectivity index (χ0) is 26.5. The molecule has 13 heteroatoms. The summed E-state index contributed by atoms with van der Waals surface area (Å²) in [6, 6.07) is 13.9. The van der Waals surface area contributed by atoms with Crippen molar-refractivity contribution in [3.8, 4) is 17.0 Å². The molecule has 2 heterocycles. The number of nitrogens with zero attached hydrogens (tertiary/aromatic N) is 5. The first-order chi connectivity index (χ1) is 17.7. The zero-order valence-corrected chi connectivity index (χ0v) is 20.9. The van der Waals surface area contributed by atoms with Crippen LogP contribution in [0, 0.1) is 18.3 Å². The van der Waals surface area contributed by atoms with Gasteiger partial charge in [-0.25, -0.2) is 23.9 Å². The number of halogens is 1. The summed E-state index contributed by atoms with van der Waals surface area (Å²) in [6.07, 6.45) is 1.20. The summed E-state index contributed by atoms with van der Waals surface area (Å²) in [7, 11) is 0. The Morgan fingerprint density at radius 1 is 1.22 bits per heavy atom. The number of aromatic nitrogens is 4. The molecule has 0 unspecified atom stereocenters. The van der Waals surface area contributed by atoms with E-state index in [0.29, 0.717) is 22.0 Å². The Balaban J connectivity index is 1.65. The first-order valence-electron chi connectivity index (χ1n) is 10.8. The Hall–Kier alpha value is -4.47. The maximum absolute atomic E-state index is 13.2. The third-order valence-electron chi connectivity index (χ3n) is 5.17. The average Bonchev–Trinajstić information content (AvgIpc) is 3.33. The van der Waals surface area contributed by atoms with E-state index in [2.05, 4.69) is 15.3 Å². The van der Waals surface area contributed by atoms with Gasteiger partial charge in [0.05, 0.1) is 25.2 Å². The second kappa shape index (κ2) is 11.1. The van der Waals surface area contributed by atoms with Gasteiger partial charge in [0.25, 0.3) is 5.19 Å². The van der Waals surface area contributed by atoms with Crippen molar-refractivity contribution in [2.24, 2.45) is 0 Å². The first kappa shape index (κ1) is 25.6. The third-order valence-corrected chi connectivity index (χ3v) is 6.29. The van der Waals surface area contributed by atoms with Crippen LogP contribution in [0.25, 0.3) is 0 Å². The van der Waals surface area contributed by atoms with Crippen LogP contribution in [0.2, 0.25) is 5.02 Å². The Labute approximate surface area is 218 Å². The molecule has 0 spiro atoms. The number of benzene rings is 2. The van der Waals surface area contributed by atoms with Gasteiger partial charge in [0, 0.05) is 17.3 Å². The summed E-state index contributed by atoms with van der Waals surface area (Å²) in [5, 5.41) is 21.7. The van der Waals surface area contributed by atoms with E-state index >= 15 is 0 Å². The smallest absolute Gasteiger partial charge is 0.354 e. The molecule has 2 aromatic carbocycles. The van der Waals surface area contributed by atoms with Crippen molar-refractivity contribution in [1.82, 2.24) is 19.1 Å². The Bertz CT molecular complexity index is 1620. The van der Waals surface area contributed by atoms with Crippen molar-refractivity contribution in [1.29, 1.82) is 5.26 Å². The van der Waals surface area contributed by atoms with E-state index in [-0.39, 0.29) is 35.5 Å². The van der Waals surface area contributed by atoms with Gasteiger partial charge in [-0.3, -0.25) is 4.57 Å². The van der Waals surface area contributed by atoms with Gasteiger partial charge in [0.1, 0.15) is 10.6 Å². The number of nitriles is 1. The molecular weight excluding hydrogens is 520 g/mol. The normalized spacial score (nSPS) is 10.6. The number of hydrogen-bond donors (Lipinski definition) is 2. The maximum Gasteiger partial charge on any atom is 0.354 e. The molecule has 4 rings (SSSR count). The third kappa shape index (κ3) is 6.03. The molecule has 0 aliphatic rings. The molecule has 2 aromatic heterocycles. The van der Waals surface area contributed by atoms with Gasteiger partial charge in [-0.15, -0.1) is 0 Å². The number of anilines is 2. The molecule has 11 nitrogen and oxygen atoms in total. The molecule has 0 radical (unpaired) electrons. The van der Waals surface area contributed by atoms with Crippen LogP contribution in [0.15, 0.2) is 58.3 Å². The van der Waals surface area contributed by atoms with Crippen molar-refractivity contribution in [2.75, 3.05) is 5.32 Å².